The van der Waals surface area contributed by atoms with Crippen LogP contribution in [0, 0.1) is 0 Å². The summed E-state index contributed by atoms with van der Waals surface area (Å²) in [6.45, 7) is 3.04. The number of hydrogen-bond acceptors (Lipinski definition) is 4. The van der Waals surface area contributed by atoms with E-state index in [1.807, 2.05) is 0 Å². The molecule has 1 aromatic rings. The van der Waals surface area contributed by atoms with E-state index in [9.17, 15) is 0 Å². The summed E-state index contributed by atoms with van der Waals surface area (Å²) in [7, 11) is 0. The molecule has 3 rings (SSSR count). The minimum Gasteiger partial charge on any atom is -0.373 e. The average molecular weight is 317 g/mol. The fraction of sp³-hybridized carbons (Fsp3) is 0.667. The molecule has 0 bridgehead atoms. The third-order valence-electron chi connectivity index (χ3n) is 3.82. The van der Waals surface area contributed by atoms with E-state index >= 15 is 0 Å². The maximum atomic E-state index is 6.32. The molecule has 2 aliphatic rings. The van der Waals surface area contributed by atoms with Crippen molar-refractivity contribution in [3.8, 4) is 0 Å². The van der Waals surface area contributed by atoms with E-state index in [1.165, 1.54) is 24.9 Å². The molecule has 0 aromatic carbocycles. The predicted octanol–water partition coefficient (Wildman–Crippen LogP) is 2.37. The lowest BCUT2D eigenvalue weighted by atomic mass is 10.0. The summed E-state index contributed by atoms with van der Waals surface area (Å²) < 4.78 is 7.06. The highest BCUT2D eigenvalue weighted by atomic mass is 79.9. The Morgan fingerprint density at radius 1 is 1.53 bits per heavy atom. The van der Waals surface area contributed by atoms with Gasteiger partial charge in [0.1, 0.15) is 0 Å². The highest BCUT2D eigenvalue weighted by Gasteiger charge is 2.35. The smallest absolute Gasteiger partial charge is 0.0895 e. The molecule has 2 saturated heterocycles. The second-order valence-electron chi connectivity index (χ2n) is 4.86. The molecule has 2 aliphatic heterocycles. The Labute approximate surface area is 114 Å². The first-order chi connectivity index (χ1) is 8.25. The standard InChI is InChI=1S/C12H17BrN2OS/c13-10-7-17-6-9(10)12(14)11-4-15-3-1-2-8(15)5-16-11/h6-8,11-12H,1-5,14H2. The molecule has 3 atom stereocenters. The molecule has 5 heteroatoms. The fourth-order valence-electron chi connectivity index (χ4n) is 2.79. The van der Waals surface area contributed by atoms with Crippen molar-refractivity contribution in [2.75, 3.05) is 19.7 Å². The zero-order chi connectivity index (χ0) is 11.8. The zero-order valence-electron chi connectivity index (χ0n) is 9.64. The summed E-state index contributed by atoms with van der Waals surface area (Å²) in [4.78, 5) is 2.54. The van der Waals surface area contributed by atoms with E-state index in [2.05, 4.69) is 31.6 Å². The van der Waals surface area contributed by atoms with Crippen LogP contribution in [0.3, 0.4) is 0 Å². The van der Waals surface area contributed by atoms with Gasteiger partial charge in [0.15, 0.2) is 0 Å². The predicted molar refractivity (Wildman–Crippen MR) is 73.3 cm³/mol. The molecule has 94 valence electrons. The SMILES string of the molecule is NC(c1cscc1Br)C1CN2CCCC2CO1. The molecule has 0 spiro atoms. The largest absolute Gasteiger partial charge is 0.373 e. The van der Waals surface area contributed by atoms with E-state index in [-0.39, 0.29) is 12.1 Å². The lowest BCUT2D eigenvalue weighted by Gasteiger charge is -2.37. The van der Waals surface area contributed by atoms with Crippen molar-refractivity contribution in [3.05, 3.63) is 20.8 Å². The fourth-order valence-corrected chi connectivity index (χ4v) is 4.40. The van der Waals surface area contributed by atoms with Crippen LogP contribution < -0.4 is 5.73 Å². The number of thiophene rings is 1. The van der Waals surface area contributed by atoms with Gasteiger partial charge in [-0.3, -0.25) is 4.90 Å². The van der Waals surface area contributed by atoms with Gasteiger partial charge in [0.25, 0.3) is 0 Å². The molecule has 2 N–H and O–H groups in total. The van der Waals surface area contributed by atoms with Crippen LogP contribution in [0.4, 0.5) is 0 Å². The summed E-state index contributed by atoms with van der Waals surface area (Å²) in [5, 5.41) is 4.20. The molecule has 3 unspecified atom stereocenters. The first-order valence-corrected chi connectivity index (χ1v) is 7.82. The van der Waals surface area contributed by atoms with Crippen molar-refractivity contribution in [2.24, 2.45) is 5.73 Å². The normalized spacial score (nSPS) is 31.4. The Balaban J connectivity index is 1.71. The molecule has 0 aliphatic carbocycles. The van der Waals surface area contributed by atoms with Crippen molar-refractivity contribution in [3.63, 3.8) is 0 Å². The Morgan fingerprint density at radius 2 is 2.41 bits per heavy atom. The monoisotopic (exact) mass is 316 g/mol. The van der Waals surface area contributed by atoms with E-state index in [0.717, 1.165) is 17.6 Å². The van der Waals surface area contributed by atoms with Gasteiger partial charge in [0.05, 0.1) is 18.8 Å². The van der Waals surface area contributed by atoms with Gasteiger partial charge in [-0.2, -0.15) is 11.3 Å². The Bertz CT molecular complexity index is 398. The topological polar surface area (TPSA) is 38.5 Å². The molecule has 3 nitrogen and oxygen atoms in total. The Kier molecular flexibility index (Phi) is 3.54. The number of nitrogens with zero attached hydrogens (tertiary/aromatic N) is 1. The van der Waals surface area contributed by atoms with Crippen LogP contribution in [-0.2, 0) is 4.74 Å². The summed E-state index contributed by atoms with van der Waals surface area (Å²) in [6, 6.07) is 0.626. The summed E-state index contributed by atoms with van der Waals surface area (Å²) in [6.07, 6.45) is 2.72. The lowest BCUT2D eigenvalue weighted by molar-refractivity contribution is -0.0597. The second kappa shape index (κ2) is 4.97. The van der Waals surface area contributed by atoms with Gasteiger partial charge in [0.2, 0.25) is 0 Å². The molecule has 17 heavy (non-hydrogen) atoms. The highest BCUT2D eigenvalue weighted by Crippen LogP contribution is 2.32. The number of morpholine rings is 1. The van der Waals surface area contributed by atoms with Crippen LogP contribution >= 0.6 is 27.3 Å². The van der Waals surface area contributed by atoms with E-state index in [0.29, 0.717) is 6.04 Å². The molecule has 0 saturated carbocycles. The van der Waals surface area contributed by atoms with Crippen molar-refractivity contribution >= 4 is 27.3 Å². The van der Waals surface area contributed by atoms with E-state index in [1.54, 1.807) is 11.3 Å². The zero-order valence-corrected chi connectivity index (χ0v) is 12.0. The lowest BCUT2D eigenvalue weighted by Crippen LogP contribution is -2.49. The number of nitrogens with two attached hydrogens (primary N) is 1. The van der Waals surface area contributed by atoms with Crippen LogP contribution in [0.25, 0.3) is 0 Å². The number of fused-ring (bicyclic) bond motifs is 1. The second-order valence-corrected chi connectivity index (χ2v) is 6.46. The van der Waals surface area contributed by atoms with Crippen LogP contribution in [0.2, 0.25) is 0 Å². The van der Waals surface area contributed by atoms with Gasteiger partial charge in [-0.05, 0) is 46.3 Å². The molecular formula is C12H17BrN2OS. The molecule has 2 fully saturated rings. The van der Waals surface area contributed by atoms with Gasteiger partial charge < -0.3 is 10.5 Å². The molecule has 1 aromatic heterocycles. The highest BCUT2D eigenvalue weighted by molar-refractivity contribution is 9.10. The number of hydrogen-bond donors (Lipinski definition) is 1. The Morgan fingerprint density at radius 3 is 3.18 bits per heavy atom. The molecular weight excluding hydrogens is 300 g/mol. The third kappa shape index (κ3) is 2.31. The van der Waals surface area contributed by atoms with Crippen LogP contribution in [0.1, 0.15) is 24.4 Å². The number of halogens is 1. The molecule has 0 radical (unpaired) electrons. The maximum absolute atomic E-state index is 6.32. The Hall–Kier alpha value is 0.0600. The summed E-state index contributed by atoms with van der Waals surface area (Å²) in [5.74, 6) is 0. The van der Waals surface area contributed by atoms with E-state index < -0.39 is 0 Å². The van der Waals surface area contributed by atoms with Crippen molar-refractivity contribution in [2.45, 2.75) is 31.0 Å². The van der Waals surface area contributed by atoms with Crippen LogP contribution in [-0.4, -0.2) is 36.7 Å². The summed E-state index contributed by atoms with van der Waals surface area (Å²) >= 11 is 5.23. The quantitative estimate of drug-likeness (QED) is 0.910. The van der Waals surface area contributed by atoms with Gasteiger partial charge in [0, 0.05) is 22.4 Å². The minimum absolute atomic E-state index is 0.0165. The summed E-state index contributed by atoms with van der Waals surface area (Å²) in [5.41, 5.74) is 7.50. The maximum Gasteiger partial charge on any atom is 0.0895 e. The van der Waals surface area contributed by atoms with Crippen molar-refractivity contribution in [1.29, 1.82) is 0 Å². The van der Waals surface area contributed by atoms with Gasteiger partial charge >= 0.3 is 0 Å². The number of ether oxygens (including phenoxy) is 1. The van der Waals surface area contributed by atoms with Crippen LogP contribution in [0.5, 0.6) is 0 Å². The van der Waals surface area contributed by atoms with Gasteiger partial charge in [-0.25, -0.2) is 0 Å². The van der Waals surface area contributed by atoms with E-state index in [4.69, 9.17) is 10.5 Å². The van der Waals surface area contributed by atoms with Gasteiger partial charge in [-0.15, -0.1) is 0 Å². The van der Waals surface area contributed by atoms with Crippen LogP contribution in [0.15, 0.2) is 15.2 Å². The first-order valence-electron chi connectivity index (χ1n) is 6.08. The van der Waals surface area contributed by atoms with Crippen molar-refractivity contribution in [1.82, 2.24) is 4.90 Å². The molecule has 3 heterocycles. The third-order valence-corrected chi connectivity index (χ3v) is 5.57. The van der Waals surface area contributed by atoms with Crippen molar-refractivity contribution < 1.29 is 4.74 Å². The number of rotatable bonds is 2. The molecule has 0 amide bonds. The average Bonchev–Trinajstić information content (AvgIpc) is 2.95. The minimum atomic E-state index is -0.0165. The van der Waals surface area contributed by atoms with Gasteiger partial charge in [-0.1, -0.05) is 0 Å². The first kappa shape index (κ1) is 12.1.